The van der Waals surface area contributed by atoms with Gasteiger partial charge in [0.05, 0.1) is 10.5 Å². The van der Waals surface area contributed by atoms with Crippen molar-refractivity contribution in [2.45, 2.75) is 23.8 Å². The Morgan fingerprint density at radius 2 is 1.66 bits per heavy atom. The minimum Gasteiger partial charge on any atom is -0.348 e. The van der Waals surface area contributed by atoms with Crippen LogP contribution in [-0.2, 0) is 28.7 Å². The maximum atomic E-state index is 13.0. The molecule has 0 radical (unpaired) electrons. The number of hydrogen-bond donors (Lipinski definition) is 1. The van der Waals surface area contributed by atoms with Crippen molar-refractivity contribution in [2.75, 3.05) is 6.26 Å². The van der Waals surface area contributed by atoms with Crippen LogP contribution in [0.25, 0.3) is 0 Å². The molecule has 5 nitrogen and oxygen atoms in total. The summed E-state index contributed by atoms with van der Waals surface area (Å²) in [6.07, 6.45) is -9.01. The third-order valence-corrected chi connectivity index (χ3v) is 4.81. The van der Waals surface area contributed by atoms with Gasteiger partial charge in [-0.05, 0) is 35.9 Å². The van der Waals surface area contributed by atoms with E-state index in [4.69, 9.17) is 11.6 Å². The van der Waals surface area contributed by atoms with Crippen molar-refractivity contribution in [2.24, 2.45) is 0 Å². The molecule has 0 unspecified atom stereocenters. The second kappa shape index (κ2) is 7.82. The zero-order chi connectivity index (χ0) is 22.2. The van der Waals surface area contributed by atoms with Gasteiger partial charge in [-0.1, -0.05) is 11.6 Å². The number of nitrogens with one attached hydrogen (secondary N) is 1. The smallest absolute Gasteiger partial charge is 0.348 e. The van der Waals surface area contributed by atoms with Gasteiger partial charge in [0.25, 0.3) is 5.91 Å². The molecular weight excluding hydrogens is 450 g/mol. The van der Waals surface area contributed by atoms with Crippen LogP contribution in [0, 0.1) is 0 Å². The lowest BCUT2D eigenvalue weighted by Gasteiger charge is -2.13. The predicted octanol–water partition coefficient (Wildman–Crippen LogP) is 4.11. The Labute approximate surface area is 165 Å². The first-order valence-corrected chi connectivity index (χ1v) is 9.78. The maximum Gasteiger partial charge on any atom is 0.433 e. The van der Waals surface area contributed by atoms with Crippen LogP contribution in [0.4, 0.5) is 26.3 Å². The molecule has 13 heteroatoms. The first-order valence-electron chi connectivity index (χ1n) is 7.51. The Morgan fingerprint density at radius 1 is 1.03 bits per heavy atom. The summed E-state index contributed by atoms with van der Waals surface area (Å²) in [6, 6.07) is 3.26. The Bertz CT molecular complexity index is 1050. The van der Waals surface area contributed by atoms with Crippen LogP contribution in [-0.4, -0.2) is 25.6 Å². The summed E-state index contributed by atoms with van der Waals surface area (Å²) in [5.74, 6) is -1.07. The first kappa shape index (κ1) is 22.9. The van der Waals surface area contributed by atoms with Crippen molar-refractivity contribution >= 4 is 27.3 Å². The first-order chi connectivity index (χ1) is 13.1. The largest absolute Gasteiger partial charge is 0.433 e. The fourth-order valence-corrected chi connectivity index (χ4v) is 3.11. The van der Waals surface area contributed by atoms with Crippen LogP contribution >= 0.6 is 11.6 Å². The second-order valence-electron chi connectivity index (χ2n) is 5.88. The van der Waals surface area contributed by atoms with E-state index in [9.17, 15) is 39.6 Å². The van der Waals surface area contributed by atoms with E-state index in [1.54, 1.807) is 0 Å². The minimum absolute atomic E-state index is 0.218. The molecule has 1 heterocycles. The lowest BCUT2D eigenvalue weighted by molar-refractivity contribution is -0.141. The summed E-state index contributed by atoms with van der Waals surface area (Å²) in [6.45, 7) is -0.577. The molecule has 0 saturated heterocycles. The average Bonchev–Trinajstić information content (AvgIpc) is 2.56. The molecule has 2 rings (SSSR count). The summed E-state index contributed by atoms with van der Waals surface area (Å²) in [5, 5.41) is 1.52. The van der Waals surface area contributed by atoms with Gasteiger partial charge in [0.15, 0.2) is 9.84 Å². The highest BCUT2D eigenvalue weighted by Crippen LogP contribution is 2.32. The SMILES string of the molecule is CS(=O)(=O)c1cc(CNC(=O)c2cc(Cl)nc(C(F)(F)F)c2)cc(C(F)(F)F)c1. The van der Waals surface area contributed by atoms with E-state index >= 15 is 0 Å². The van der Waals surface area contributed by atoms with Crippen LogP contribution in [0.15, 0.2) is 35.2 Å². The van der Waals surface area contributed by atoms with Gasteiger partial charge in [0.1, 0.15) is 10.8 Å². The number of nitrogens with zero attached hydrogens (tertiary/aromatic N) is 1. The van der Waals surface area contributed by atoms with E-state index in [-0.39, 0.29) is 5.56 Å². The number of alkyl halides is 6. The van der Waals surface area contributed by atoms with Gasteiger partial charge in [-0.15, -0.1) is 0 Å². The highest BCUT2D eigenvalue weighted by atomic mass is 35.5. The third kappa shape index (κ3) is 6.07. The van der Waals surface area contributed by atoms with E-state index in [0.29, 0.717) is 24.5 Å². The standard InChI is InChI=1S/C16H11ClF6N2O3S/c1-29(27,28)11-3-8(2-10(6-11)15(18,19)20)7-24-14(26)9-4-12(16(21,22)23)25-13(17)5-9/h2-6H,7H2,1H3,(H,24,26). The summed E-state index contributed by atoms with van der Waals surface area (Å²) in [4.78, 5) is 14.5. The van der Waals surface area contributed by atoms with Crippen LogP contribution in [0.2, 0.25) is 5.15 Å². The molecule has 0 aliphatic rings. The van der Waals surface area contributed by atoms with Crippen molar-refractivity contribution in [3.8, 4) is 0 Å². The number of hydrogen-bond acceptors (Lipinski definition) is 4. The van der Waals surface area contributed by atoms with E-state index < -0.39 is 61.5 Å². The van der Waals surface area contributed by atoms with E-state index in [1.807, 2.05) is 0 Å². The lowest BCUT2D eigenvalue weighted by atomic mass is 10.1. The molecule has 0 aliphatic carbocycles. The molecule has 2 aromatic rings. The van der Waals surface area contributed by atoms with Crippen molar-refractivity contribution in [3.05, 3.63) is 57.9 Å². The number of benzene rings is 1. The van der Waals surface area contributed by atoms with Gasteiger partial charge in [0.2, 0.25) is 0 Å². The Kier molecular flexibility index (Phi) is 6.19. The minimum atomic E-state index is -4.87. The summed E-state index contributed by atoms with van der Waals surface area (Å²) in [5.41, 5.74) is -3.41. The number of carbonyl (C=O) groups is 1. The predicted molar refractivity (Wildman–Crippen MR) is 90.0 cm³/mol. The van der Waals surface area contributed by atoms with Gasteiger partial charge >= 0.3 is 12.4 Å². The Balaban J connectivity index is 2.32. The van der Waals surface area contributed by atoms with Crippen molar-refractivity contribution in [1.82, 2.24) is 10.3 Å². The molecular formula is C16H11ClF6N2O3S. The molecule has 1 N–H and O–H groups in total. The topological polar surface area (TPSA) is 76.1 Å². The van der Waals surface area contributed by atoms with Gasteiger partial charge in [0, 0.05) is 18.4 Å². The molecule has 0 atom stereocenters. The number of sulfone groups is 1. The highest BCUT2D eigenvalue weighted by molar-refractivity contribution is 7.90. The fraction of sp³-hybridized carbons (Fsp3) is 0.250. The number of halogens is 7. The number of pyridine rings is 1. The normalized spacial score (nSPS) is 12.7. The summed E-state index contributed by atoms with van der Waals surface area (Å²) < 4.78 is 100. The van der Waals surface area contributed by atoms with Gasteiger partial charge in [-0.2, -0.15) is 26.3 Å². The highest BCUT2D eigenvalue weighted by Gasteiger charge is 2.34. The molecule has 1 aromatic carbocycles. The second-order valence-corrected chi connectivity index (χ2v) is 8.28. The van der Waals surface area contributed by atoms with Gasteiger partial charge in [-0.25, -0.2) is 13.4 Å². The Morgan fingerprint density at radius 3 is 2.17 bits per heavy atom. The number of carbonyl (C=O) groups excluding carboxylic acids is 1. The quantitative estimate of drug-likeness (QED) is 0.550. The van der Waals surface area contributed by atoms with Gasteiger partial charge < -0.3 is 5.32 Å². The molecule has 0 bridgehead atoms. The molecule has 0 aliphatic heterocycles. The molecule has 0 fully saturated rings. The van der Waals surface area contributed by atoms with Crippen molar-refractivity contribution in [3.63, 3.8) is 0 Å². The zero-order valence-electron chi connectivity index (χ0n) is 14.3. The number of rotatable bonds is 4. The van der Waals surface area contributed by atoms with Crippen molar-refractivity contribution < 1.29 is 39.6 Å². The van der Waals surface area contributed by atoms with Crippen LogP contribution < -0.4 is 5.32 Å². The molecule has 1 aromatic heterocycles. The van der Waals surface area contributed by atoms with E-state index in [2.05, 4.69) is 10.3 Å². The van der Waals surface area contributed by atoms with Gasteiger partial charge in [-0.3, -0.25) is 4.79 Å². The molecule has 29 heavy (non-hydrogen) atoms. The molecule has 0 saturated carbocycles. The van der Waals surface area contributed by atoms with Crippen molar-refractivity contribution in [1.29, 1.82) is 0 Å². The van der Waals surface area contributed by atoms with Crippen LogP contribution in [0.5, 0.6) is 0 Å². The van der Waals surface area contributed by atoms with E-state index in [0.717, 1.165) is 12.1 Å². The maximum absolute atomic E-state index is 13.0. The number of aromatic nitrogens is 1. The molecule has 158 valence electrons. The molecule has 1 amide bonds. The fourth-order valence-electron chi connectivity index (χ4n) is 2.20. The Hall–Kier alpha value is -2.34. The third-order valence-electron chi connectivity index (χ3n) is 3.52. The summed E-state index contributed by atoms with van der Waals surface area (Å²) >= 11 is 5.48. The summed E-state index contributed by atoms with van der Waals surface area (Å²) in [7, 11) is -3.99. The van der Waals surface area contributed by atoms with Crippen LogP contribution in [0.3, 0.4) is 0 Å². The van der Waals surface area contributed by atoms with E-state index in [1.165, 1.54) is 0 Å². The number of amides is 1. The average molecular weight is 461 g/mol. The monoisotopic (exact) mass is 460 g/mol. The zero-order valence-corrected chi connectivity index (χ0v) is 15.9. The van der Waals surface area contributed by atoms with Crippen LogP contribution in [0.1, 0.15) is 27.2 Å². The lowest BCUT2D eigenvalue weighted by Crippen LogP contribution is -2.24. The molecule has 0 spiro atoms.